The van der Waals surface area contributed by atoms with E-state index >= 15 is 0 Å². The highest BCUT2D eigenvalue weighted by atomic mass is 32.2. The van der Waals surface area contributed by atoms with E-state index in [4.69, 9.17) is 9.97 Å². The second-order valence-electron chi connectivity index (χ2n) is 7.01. The lowest BCUT2D eigenvalue weighted by atomic mass is 10.0. The van der Waals surface area contributed by atoms with Gasteiger partial charge in [0.1, 0.15) is 11.4 Å². The summed E-state index contributed by atoms with van der Waals surface area (Å²) in [5.41, 5.74) is 7.87. The molecule has 6 heteroatoms. The smallest absolute Gasteiger partial charge is 0.108 e. The van der Waals surface area contributed by atoms with Crippen molar-refractivity contribution in [2.75, 3.05) is 5.75 Å². The van der Waals surface area contributed by atoms with Crippen molar-refractivity contribution in [3.8, 4) is 33.1 Å². The van der Waals surface area contributed by atoms with Crippen LogP contribution in [-0.4, -0.2) is 25.7 Å². The van der Waals surface area contributed by atoms with Crippen LogP contribution in [0.3, 0.4) is 0 Å². The fraction of sp³-hybridized carbons (Fsp3) is 0.120. The molecule has 1 aromatic carbocycles. The number of nitrogens with zero attached hydrogens (tertiary/aromatic N) is 2. The average molecular weight is 443 g/mol. The summed E-state index contributed by atoms with van der Waals surface area (Å²) in [5, 5.41) is 2.09. The van der Waals surface area contributed by atoms with Gasteiger partial charge in [-0.15, -0.1) is 23.1 Å². The number of allylic oxidation sites excluding steroid dienone is 1. The van der Waals surface area contributed by atoms with Crippen molar-refractivity contribution in [3.05, 3.63) is 78.1 Å². The Morgan fingerprint density at radius 1 is 0.935 bits per heavy atom. The minimum absolute atomic E-state index is 0.902. The van der Waals surface area contributed by atoms with Gasteiger partial charge in [0.2, 0.25) is 0 Å². The maximum absolute atomic E-state index is 5.27. The molecule has 2 N–H and O–H groups in total. The number of benzene rings is 1. The maximum Gasteiger partial charge on any atom is 0.108 e. The quantitative estimate of drug-likeness (QED) is 0.287. The van der Waals surface area contributed by atoms with Crippen LogP contribution in [0.15, 0.2) is 72.4 Å². The first kappa shape index (κ1) is 19.8. The second-order valence-corrected chi connectivity index (χ2v) is 9.26. The zero-order valence-electron chi connectivity index (χ0n) is 17.3. The van der Waals surface area contributed by atoms with E-state index in [2.05, 4.69) is 71.7 Å². The summed E-state index contributed by atoms with van der Waals surface area (Å²) < 4.78 is 0. The SMILES string of the molecule is C/C=C(\SCC)c1nc2c(-c3ccc[nH]3)ccc(-c3ccc[nH]3)c2nc1-c1cccs1. The number of hydrogen-bond acceptors (Lipinski definition) is 4. The standard InChI is InChI=1S/C25H22N4S2/c1-3-20(30-4-2)24-25(21-10-7-15-31-21)29-23-17(19-9-6-14-27-19)12-11-16(22(23)28-24)18-8-5-13-26-18/h3,5-15,26-27H,4H2,1-2H3/b20-3-. The Kier molecular flexibility index (Phi) is 5.49. The Bertz CT molecular complexity index is 1330. The van der Waals surface area contributed by atoms with Crippen LogP contribution in [0.25, 0.3) is 49.0 Å². The van der Waals surface area contributed by atoms with Crippen molar-refractivity contribution in [2.24, 2.45) is 0 Å². The van der Waals surface area contributed by atoms with E-state index in [0.29, 0.717) is 0 Å². The van der Waals surface area contributed by atoms with Crippen molar-refractivity contribution >= 4 is 39.0 Å². The van der Waals surface area contributed by atoms with Crippen LogP contribution in [0.5, 0.6) is 0 Å². The van der Waals surface area contributed by atoms with Crippen LogP contribution in [0.1, 0.15) is 19.5 Å². The summed E-state index contributed by atoms with van der Waals surface area (Å²) in [5.74, 6) is 0.981. The molecule has 31 heavy (non-hydrogen) atoms. The molecule has 0 atom stereocenters. The first-order valence-electron chi connectivity index (χ1n) is 10.3. The Labute approximate surface area is 189 Å². The zero-order valence-corrected chi connectivity index (χ0v) is 19.0. The molecule has 4 aromatic heterocycles. The number of H-pyrrole nitrogens is 2. The molecule has 4 heterocycles. The topological polar surface area (TPSA) is 57.4 Å². The number of rotatable bonds is 6. The Morgan fingerprint density at radius 3 is 2.13 bits per heavy atom. The molecule has 0 bridgehead atoms. The molecule has 5 rings (SSSR count). The van der Waals surface area contributed by atoms with Crippen LogP contribution in [0, 0.1) is 0 Å². The molecule has 0 spiro atoms. The summed E-state index contributed by atoms with van der Waals surface area (Å²) >= 11 is 3.50. The summed E-state index contributed by atoms with van der Waals surface area (Å²) in [6, 6.07) is 16.6. The third kappa shape index (κ3) is 3.62. The van der Waals surface area contributed by atoms with Gasteiger partial charge in [-0.2, -0.15) is 0 Å². The number of thioether (sulfide) groups is 1. The van der Waals surface area contributed by atoms with E-state index in [1.165, 1.54) is 0 Å². The van der Waals surface area contributed by atoms with Crippen molar-refractivity contribution in [2.45, 2.75) is 13.8 Å². The summed E-state index contributed by atoms with van der Waals surface area (Å²) in [6.07, 6.45) is 6.03. The highest BCUT2D eigenvalue weighted by Crippen LogP contribution is 2.39. The largest absolute Gasteiger partial charge is 0.361 e. The van der Waals surface area contributed by atoms with E-state index < -0.39 is 0 Å². The van der Waals surface area contributed by atoms with Crippen LogP contribution < -0.4 is 0 Å². The van der Waals surface area contributed by atoms with Crippen LogP contribution in [0.4, 0.5) is 0 Å². The molecule has 0 aliphatic carbocycles. The molecular weight excluding hydrogens is 420 g/mol. The second kappa shape index (κ2) is 8.57. The predicted octanol–water partition coefficient (Wildman–Crippen LogP) is 7.46. The minimum Gasteiger partial charge on any atom is -0.361 e. The van der Waals surface area contributed by atoms with Crippen LogP contribution >= 0.6 is 23.1 Å². The van der Waals surface area contributed by atoms with Crippen molar-refractivity contribution < 1.29 is 0 Å². The third-order valence-corrected chi connectivity index (χ3v) is 7.05. The van der Waals surface area contributed by atoms with Crippen molar-refractivity contribution in [3.63, 3.8) is 0 Å². The zero-order chi connectivity index (χ0) is 21.2. The lowest BCUT2D eigenvalue weighted by molar-refractivity contribution is 1.26. The number of hydrogen-bond donors (Lipinski definition) is 2. The lowest BCUT2D eigenvalue weighted by Gasteiger charge is -2.15. The first-order chi connectivity index (χ1) is 15.3. The molecule has 4 nitrogen and oxygen atoms in total. The van der Waals surface area contributed by atoms with E-state index in [-0.39, 0.29) is 0 Å². The Balaban J connectivity index is 1.88. The molecule has 5 aromatic rings. The van der Waals surface area contributed by atoms with Gasteiger partial charge in [-0.1, -0.05) is 19.1 Å². The van der Waals surface area contributed by atoms with Gasteiger partial charge in [-0.05, 0) is 60.5 Å². The van der Waals surface area contributed by atoms with Gasteiger partial charge >= 0.3 is 0 Å². The lowest BCUT2D eigenvalue weighted by Crippen LogP contribution is -2.00. The molecule has 0 unspecified atom stereocenters. The van der Waals surface area contributed by atoms with Gasteiger partial charge in [-0.3, -0.25) is 0 Å². The molecule has 0 aliphatic rings. The van der Waals surface area contributed by atoms with Gasteiger partial charge in [-0.25, -0.2) is 9.97 Å². The van der Waals surface area contributed by atoms with Gasteiger partial charge in [0.25, 0.3) is 0 Å². The molecule has 0 amide bonds. The highest BCUT2D eigenvalue weighted by Gasteiger charge is 2.20. The minimum atomic E-state index is 0.902. The molecular formula is C25H22N4S2. The van der Waals surface area contributed by atoms with E-state index in [1.54, 1.807) is 23.1 Å². The van der Waals surface area contributed by atoms with Gasteiger partial charge < -0.3 is 9.97 Å². The van der Waals surface area contributed by atoms with E-state index in [9.17, 15) is 0 Å². The van der Waals surface area contributed by atoms with Crippen molar-refractivity contribution in [1.29, 1.82) is 0 Å². The van der Waals surface area contributed by atoms with Gasteiger partial charge in [0.05, 0.1) is 15.9 Å². The summed E-state index contributed by atoms with van der Waals surface area (Å²) in [6.45, 7) is 4.24. The Hall–Kier alpha value is -3.09. The highest BCUT2D eigenvalue weighted by molar-refractivity contribution is 8.08. The number of fused-ring (bicyclic) bond motifs is 1. The van der Waals surface area contributed by atoms with Gasteiger partial charge in [0, 0.05) is 39.8 Å². The molecule has 0 fully saturated rings. The molecule has 0 saturated heterocycles. The van der Waals surface area contributed by atoms with E-state index in [0.717, 1.165) is 60.5 Å². The molecule has 0 radical (unpaired) electrons. The average Bonchev–Trinajstić information content (AvgIpc) is 3.59. The fourth-order valence-corrected chi connectivity index (χ4v) is 5.24. The molecule has 0 aliphatic heterocycles. The predicted molar refractivity (Wildman–Crippen MR) is 134 cm³/mol. The number of aromatic nitrogens is 4. The summed E-state index contributed by atoms with van der Waals surface area (Å²) in [7, 11) is 0. The maximum atomic E-state index is 5.27. The molecule has 0 saturated carbocycles. The molecule has 154 valence electrons. The van der Waals surface area contributed by atoms with Gasteiger partial charge in [0.15, 0.2) is 0 Å². The number of thiophene rings is 1. The summed E-state index contributed by atoms with van der Waals surface area (Å²) in [4.78, 5) is 19.5. The van der Waals surface area contributed by atoms with E-state index in [1.807, 2.05) is 24.5 Å². The first-order valence-corrected chi connectivity index (χ1v) is 12.1. The van der Waals surface area contributed by atoms with Crippen LogP contribution in [-0.2, 0) is 0 Å². The van der Waals surface area contributed by atoms with Crippen LogP contribution in [0.2, 0.25) is 0 Å². The number of nitrogens with one attached hydrogen (secondary N) is 2. The normalized spacial score (nSPS) is 12.0. The number of aromatic amines is 2. The monoisotopic (exact) mass is 442 g/mol. The third-order valence-electron chi connectivity index (χ3n) is 5.15. The Morgan fingerprint density at radius 2 is 1.61 bits per heavy atom. The fourth-order valence-electron chi connectivity index (χ4n) is 3.77. The van der Waals surface area contributed by atoms with Crippen molar-refractivity contribution in [1.82, 2.24) is 19.9 Å².